The molecular formula is C68H63N6O22S6-5. The van der Waals surface area contributed by atoms with E-state index in [9.17, 15) is 81.9 Å². The molecule has 102 heavy (non-hydrogen) atoms. The average Bonchev–Trinajstić information content (AvgIpc) is 1.57. The van der Waals surface area contributed by atoms with E-state index in [4.69, 9.17) is 5.41 Å². The lowest BCUT2D eigenvalue weighted by atomic mass is 9.79. The van der Waals surface area contributed by atoms with Crippen molar-refractivity contribution in [2.75, 3.05) is 34.1 Å². The minimum Gasteiger partial charge on any atom is -0.860 e. The van der Waals surface area contributed by atoms with Crippen LogP contribution in [0.5, 0.6) is 0 Å². The molecular weight excluding hydrogens is 1450 g/mol. The van der Waals surface area contributed by atoms with Crippen LogP contribution >= 0.6 is 24.1 Å². The number of ketones is 2. The normalized spacial score (nSPS) is 16.6. The topological polar surface area (TPSA) is 441 Å². The van der Waals surface area contributed by atoms with Crippen molar-refractivity contribution in [3.8, 4) is 0 Å². The highest BCUT2D eigenvalue weighted by Gasteiger charge is 2.46. The maximum Gasteiger partial charge on any atom is 0.294 e. The van der Waals surface area contributed by atoms with Gasteiger partial charge in [0.2, 0.25) is 5.69 Å². The Morgan fingerprint density at radius 3 is 1.99 bits per heavy atom. The molecule has 0 atom stereocenters. The van der Waals surface area contributed by atoms with Crippen molar-refractivity contribution in [2.45, 2.75) is 97.1 Å². The van der Waals surface area contributed by atoms with Gasteiger partial charge in [-0.2, -0.15) is 31.8 Å². The number of amides is 1. The predicted molar refractivity (Wildman–Crippen MR) is 372 cm³/mol. The zero-order chi connectivity index (χ0) is 75.0. The Bertz CT molecular complexity index is 5230. The quantitative estimate of drug-likeness (QED) is 0.00509. The highest BCUT2D eigenvalue weighted by molar-refractivity contribution is 7.95. The van der Waals surface area contributed by atoms with Crippen LogP contribution in [0.1, 0.15) is 71.6 Å². The van der Waals surface area contributed by atoms with Crippen molar-refractivity contribution in [1.82, 2.24) is 0 Å². The van der Waals surface area contributed by atoms with Crippen LogP contribution < -0.4 is 30.8 Å². The van der Waals surface area contributed by atoms with E-state index in [2.05, 4.69) is 100 Å². The fraction of sp³-hybridized carbons (Fsp3) is 0.206. The number of rotatable bonds is 27. The van der Waals surface area contributed by atoms with Crippen LogP contribution in [-0.2, 0) is 84.4 Å². The second kappa shape index (κ2) is 32.2. The van der Waals surface area contributed by atoms with Gasteiger partial charge < -0.3 is 39.5 Å². The molecule has 3 N–H and O–H groups in total. The number of carbonyl (C=O) groups excluding carboxylic acids is 3. The number of anilines is 3. The number of nitrogens with zero attached hydrogens (tertiary/aromatic N) is 4. The zero-order valence-corrected chi connectivity index (χ0v) is 60.2. The van der Waals surface area contributed by atoms with Gasteiger partial charge in [-0.15, -0.1) is 0 Å². The predicted octanol–water partition coefficient (Wildman–Crippen LogP) is 7.81. The van der Waals surface area contributed by atoms with Gasteiger partial charge in [-0.1, -0.05) is 111 Å². The van der Waals surface area contributed by atoms with E-state index in [0.717, 1.165) is 111 Å². The Hall–Kier alpha value is -8.92. The Morgan fingerprint density at radius 1 is 0.716 bits per heavy atom. The highest BCUT2D eigenvalue weighted by atomic mass is 32.2. The lowest BCUT2D eigenvalue weighted by Crippen LogP contribution is -2.30. The molecule has 0 aliphatic carbocycles. The molecule has 0 radical (unpaired) electrons. The molecule has 0 spiro atoms. The molecule has 1 amide bonds. The van der Waals surface area contributed by atoms with Crippen LogP contribution in [0.3, 0.4) is 0 Å². The van der Waals surface area contributed by atoms with Crippen molar-refractivity contribution in [1.29, 1.82) is 5.41 Å². The first-order chi connectivity index (χ1) is 47.8. The van der Waals surface area contributed by atoms with Gasteiger partial charge >= 0.3 is 0 Å². The van der Waals surface area contributed by atoms with E-state index in [-0.39, 0.29) is 43.6 Å². The summed E-state index contributed by atoms with van der Waals surface area (Å²) in [6.45, 7) is 15.7. The van der Waals surface area contributed by atoms with Crippen molar-refractivity contribution in [3.63, 3.8) is 0 Å². The number of fused-ring (bicyclic) bond motifs is 6. The summed E-state index contributed by atoms with van der Waals surface area (Å²) in [6.07, 6.45) is 20.3. The molecule has 0 saturated carbocycles. The minimum atomic E-state index is -5.33. The van der Waals surface area contributed by atoms with Crippen LogP contribution in [0.2, 0.25) is 0 Å². The van der Waals surface area contributed by atoms with Gasteiger partial charge in [-0.05, 0) is 127 Å². The number of benzene rings is 6. The standard InChI is InChI=1S/C41H44N2O6S2.C27H24N4O16S4/c1-7-23-42-34-22-17-30-27-31(51(47,48)49)18-20-33(30)39(34)40(3,4)36(42)13-11-9-8-10-12-14-37-41(5,6)38-32-19-15-28(2)26-29(32)16-21-35(38)43(37)24-25-50(44,45)46;1-14(32)24(28)18(26(34)29-20-13-17(50(38,39)40)9-11-23(20)51(41,42)43)6-4-3-5-7-19-25(15(2)33)30-31(27(19)35)21-12-16(48-46-44-36)8-10-22(21)49-47-45-37/h8-22,26-27H,7,23-25H2,1-6H3,(H-,44,45,46,47,48,49);3-13,28-29,34,36-37H,1-2H3,(H,38,39,40)(H,41,42,43)/p-5/b;5-3+,6-4+,19-7?,26-18+,28-24?. The molecule has 0 bridgehead atoms. The molecule has 34 heteroatoms. The summed E-state index contributed by atoms with van der Waals surface area (Å²) in [7, 11) is -19.2. The van der Waals surface area contributed by atoms with Crippen molar-refractivity contribution in [2.24, 2.45) is 5.10 Å². The van der Waals surface area contributed by atoms with Gasteiger partial charge in [0.05, 0.1) is 81.9 Å². The summed E-state index contributed by atoms with van der Waals surface area (Å²) in [6, 6.07) is 24.5. The van der Waals surface area contributed by atoms with Gasteiger partial charge in [-0.3, -0.25) is 34.4 Å². The van der Waals surface area contributed by atoms with Crippen LogP contribution in [0.25, 0.3) is 21.5 Å². The Kier molecular flexibility index (Phi) is 24.9. The SMILES string of the molecule is CC(=O)C(=N)C(/C=C/C=C/C=C1C(=O)N(c2cc(SOO[O-])ccc2SOO[O-])N=C1C(C)=O)=C(/[O-])Nc1cc(S(=O)(=O)[O-])ccc1S(=O)(=O)[O-].CCC[N+]1=C(C=CC=CC=CC=C2N(CCS(=O)(=O)[O-])c3ccc4cc(C)ccc4c3C2(C)C)C(C)(C)c2c1ccc1cc(S(=O)(=O)O)ccc21. The third kappa shape index (κ3) is 18.1. The van der Waals surface area contributed by atoms with Crippen molar-refractivity contribution >= 4 is 143 Å². The number of hydrazone groups is 1. The second-order valence-electron chi connectivity index (χ2n) is 23.8. The van der Waals surface area contributed by atoms with E-state index in [0.29, 0.717) is 42.3 Å². The Balaban J connectivity index is 0.000000259. The van der Waals surface area contributed by atoms with E-state index in [1.54, 1.807) is 6.07 Å². The number of carbonyl (C=O) groups is 3. The number of aryl methyl sites for hydroxylation is 1. The smallest absolute Gasteiger partial charge is 0.294 e. The number of hydrogen-bond acceptors (Lipinski definition) is 27. The molecule has 538 valence electrons. The Morgan fingerprint density at radius 2 is 1.34 bits per heavy atom. The fourth-order valence-corrected chi connectivity index (χ4v) is 14.6. The van der Waals surface area contributed by atoms with E-state index in [1.165, 1.54) is 42.5 Å². The molecule has 3 aliphatic rings. The fourth-order valence-electron chi connectivity index (χ4n) is 11.7. The maximum atomic E-state index is 13.4. The summed E-state index contributed by atoms with van der Waals surface area (Å²) in [5.74, 6) is -4.31. The molecule has 0 aromatic heterocycles. The summed E-state index contributed by atoms with van der Waals surface area (Å²) in [5, 5.41) is 59.0. The second-order valence-corrected chi connectivity index (χ2v) is 31.0. The first kappa shape index (κ1) is 78.8. The first-order valence-electron chi connectivity index (χ1n) is 30.3. The van der Waals surface area contributed by atoms with Crippen LogP contribution in [0, 0.1) is 12.3 Å². The third-order valence-corrected chi connectivity index (χ3v) is 20.6. The maximum absolute atomic E-state index is 13.4. The molecule has 28 nitrogen and oxygen atoms in total. The summed E-state index contributed by atoms with van der Waals surface area (Å²) < 4.78 is 149. The van der Waals surface area contributed by atoms with Crippen molar-refractivity contribution < 1.29 is 105 Å². The number of Topliss-reactive ketones (excluding diaryl/α,β-unsaturated/α-hetero) is 2. The molecule has 6 aromatic rings. The first-order valence-corrected chi connectivity index (χ1v) is 37.6. The van der Waals surface area contributed by atoms with Gasteiger partial charge in [-0.25, -0.2) is 25.3 Å². The average molecular weight is 1510 g/mol. The zero-order valence-electron chi connectivity index (χ0n) is 55.3. The van der Waals surface area contributed by atoms with Gasteiger partial charge in [0.1, 0.15) is 38.2 Å². The molecule has 0 saturated heterocycles. The molecule has 0 fully saturated rings. The Labute approximate surface area is 596 Å². The number of nitrogens with one attached hydrogen (secondary N) is 2. The van der Waals surface area contributed by atoms with E-state index < -0.39 is 102 Å². The number of hydrogen-bond donors (Lipinski definition) is 3. The van der Waals surface area contributed by atoms with E-state index >= 15 is 0 Å². The van der Waals surface area contributed by atoms with Crippen molar-refractivity contribution in [3.05, 3.63) is 209 Å². The van der Waals surface area contributed by atoms with Crippen LogP contribution in [0.4, 0.5) is 22.7 Å². The van der Waals surface area contributed by atoms with Crippen LogP contribution in [-0.4, -0.2) is 110 Å². The van der Waals surface area contributed by atoms with Gasteiger partial charge in [0, 0.05) is 71.8 Å². The monoisotopic (exact) mass is 1510 g/mol. The summed E-state index contributed by atoms with van der Waals surface area (Å²) >= 11 is 0.844. The van der Waals surface area contributed by atoms with E-state index in [1.807, 2.05) is 64.9 Å². The lowest BCUT2D eigenvalue weighted by Gasteiger charge is -2.27. The third-order valence-electron chi connectivity index (χ3n) is 16.1. The molecule has 9 rings (SSSR count). The van der Waals surface area contributed by atoms with Gasteiger partial charge in [0.15, 0.2) is 17.3 Å². The molecule has 6 aromatic carbocycles. The molecule has 3 heterocycles. The largest absolute Gasteiger partial charge is 0.860 e. The summed E-state index contributed by atoms with van der Waals surface area (Å²) in [4.78, 5) is 37.8. The number of allylic oxidation sites excluding steroid dienone is 14. The highest BCUT2D eigenvalue weighted by Crippen LogP contribution is 2.51. The van der Waals surface area contributed by atoms with Crippen LogP contribution in [0.15, 0.2) is 222 Å². The molecule has 3 aliphatic heterocycles. The van der Waals surface area contributed by atoms with Gasteiger partial charge in [0.25, 0.3) is 16.0 Å². The molecule has 0 unspecified atom stereocenters. The lowest BCUT2D eigenvalue weighted by molar-refractivity contribution is -0.777. The minimum absolute atomic E-state index is 0.0492. The summed E-state index contributed by atoms with van der Waals surface area (Å²) in [5.41, 5.74) is 3.46.